The fourth-order valence-corrected chi connectivity index (χ4v) is 1.16. The first-order chi connectivity index (χ1) is 7.91. The largest absolute Gasteiger partial charge is 0.416 e. The van der Waals surface area contributed by atoms with Crippen molar-refractivity contribution in [1.29, 1.82) is 0 Å². The van der Waals surface area contributed by atoms with E-state index >= 15 is 0 Å². The molecule has 98 valence electrons. The number of halogens is 3. The van der Waals surface area contributed by atoms with E-state index in [1.807, 2.05) is 6.92 Å². The van der Waals surface area contributed by atoms with Gasteiger partial charge in [0.15, 0.2) is 0 Å². The van der Waals surface area contributed by atoms with Crippen molar-refractivity contribution < 1.29 is 18.3 Å². The molecule has 1 nitrogen and oxygen atoms in total. The van der Waals surface area contributed by atoms with Gasteiger partial charge in [0.05, 0.1) is 11.7 Å². The molecule has 0 heterocycles. The third-order valence-electron chi connectivity index (χ3n) is 2.19. The van der Waals surface area contributed by atoms with E-state index < -0.39 is 11.7 Å². The van der Waals surface area contributed by atoms with Gasteiger partial charge in [0, 0.05) is 0 Å². The molecule has 0 spiro atoms. The highest BCUT2D eigenvalue weighted by molar-refractivity contribution is 5.17. The zero-order valence-electron chi connectivity index (χ0n) is 10.2. The highest BCUT2D eigenvalue weighted by atomic mass is 19.4. The summed E-state index contributed by atoms with van der Waals surface area (Å²) in [6.07, 6.45) is -1.31. The Morgan fingerprint density at radius 1 is 1.12 bits per heavy atom. The lowest BCUT2D eigenvalue weighted by atomic mass is 10.2. The third-order valence-corrected chi connectivity index (χ3v) is 2.19. The predicted molar refractivity (Wildman–Crippen MR) is 62.6 cm³/mol. The molecule has 4 heteroatoms. The Balaban J connectivity index is 0.000000325. The summed E-state index contributed by atoms with van der Waals surface area (Å²) in [6, 6.07) is 6.36. The zero-order chi connectivity index (χ0) is 13.3. The van der Waals surface area contributed by atoms with E-state index in [4.69, 9.17) is 5.11 Å². The molecule has 1 N–H and O–H groups in total. The van der Waals surface area contributed by atoms with Crippen molar-refractivity contribution in [3.63, 3.8) is 0 Å². The molecule has 1 aromatic carbocycles. The molecule has 0 aliphatic rings. The number of aliphatic hydroxyl groups excluding tert-OH is 1. The number of benzene rings is 1. The van der Waals surface area contributed by atoms with Crippen LogP contribution in [0.15, 0.2) is 30.3 Å². The normalized spacial score (nSPS) is 12.6. The fraction of sp³-hybridized carbons (Fsp3) is 0.538. The Hall–Kier alpha value is -1.03. The standard InChI is InChI=1S/C7H5F3.C6H14O/c8-7(9,10)6-4-2-1-3-5-6;1-3-5-6(7)4-2/h1-5H;6-7H,3-5H2,1-2H3. The van der Waals surface area contributed by atoms with Gasteiger partial charge in [0.2, 0.25) is 0 Å². The van der Waals surface area contributed by atoms with Crippen molar-refractivity contribution in [3.05, 3.63) is 35.9 Å². The van der Waals surface area contributed by atoms with Crippen molar-refractivity contribution in [2.24, 2.45) is 0 Å². The van der Waals surface area contributed by atoms with E-state index in [1.54, 1.807) is 6.07 Å². The van der Waals surface area contributed by atoms with E-state index in [1.165, 1.54) is 12.1 Å². The minimum atomic E-state index is -4.21. The Morgan fingerprint density at radius 2 is 1.65 bits per heavy atom. The summed E-state index contributed by atoms with van der Waals surface area (Å²) in [5, 5.41) is 8.86. The monoisotopic (exact) mass is 248 g/mol. The first kappa shape index (κ1) is 16.0. The van der Waals surface area contributed by atoms with Gasteiger partial charge in [-0.1, -0.05) is 50.6 Å². The highest BCUT2D eigenvalue weighted by Gasteiger charge is 2.29. The molecule has 1 aromatic rings. The lowest BCUT2D eigenvalue weighted by Gasteiger charge is -2.03. The SMILES string of the molecule is CCCC(O)CC.FC(F)(F)c1ccccc1. The van der Waals surface area contributed by atoms with Crippen LogP contribution in [0.2, 0.25) is 0 Å². The van der Waals surface area contributed by atoms with Crippen molar-refractivity contribution >= 4 is 0 Å². The highest BCUT2D eigenvalue weighted by Crippen LogP contribution is 2.28. The molecule has 0 aliphatic heterocycles. The van der Waals surface area contributed by atoms with Crippen molar-refractivity contribution in [1.82, 2.24) is 0 Å². The Morgan fingerprint density at radius 3 is 1.88 bits per heavy atom. The number of hydrogen-bond donors (Lipinski definition) is 1. The second-order valence-corrected chi connectivity index (χ2v) is 3.71. The van der Waals surface area contributed by atoms with E-state index in [9.17, 15) is 13.2 Å². The summed E-state index contributed by atoms with van der Waals surface area (Å²) in [7, 11) is 0. The molecule has 0 radical (unpaired) electrons. The van der Waals surface area contributed by atoms with Gasteiger partial charge in [-0.3, -0.25) is 0 Å². The molecule has 0 fully saturated rings. The second-order valence-electron chi connectivity index (χ2n) is 3.71. The molecule has 1 atom stereocenters. The fourth-order valence-electron chi connectivity index (χ4n) is 1.16. The Bertz CT molecular complexity index is 282. The number of hydrogen-bond acceptors (Lipinski definition) is 1. The average molecular weight is 248 g/mol. The summed E-state index contributed by atoms with van der Waals surface area (Å²) in [5.41, 5.74) is -0.602. The van der Waals surface area contributed by atoms with Gasteiger partial charge in [-0.15, -0.1) is 0 Å². The lowest BCUT2D eigenvalue weighted by Crippen LogP contribution is -2.03. The van der Waals surface area contributed by atoms with Crippen LogP contribution in [0, 0.1) is 0 Å². The molecular formula is C13H19F3O. The molecular weight excluding hydrogens is 229 g/mol. The van der Waals surface area contributed by atoms with Crippen LogP contribution in [0.3, 0.4) is 0 Å². The van der Waals surface area contributed by atoms with E-state index in [0.29, 0.717) is 0 Å². The quantitative estimate of drug-likeness (QED) is 0.847. The van der Waals surface area contributed by atoms with Crippen molar-refractivity contribution in [3.8, 4) is 0 Å². The Labute approximate surface area is 100 Å². The minimum absolute atomic E-state index is 0.0509. The molecule has 0 saturated heterocycles. The smallest absolute Gasteiger partial charge is 0.393 e. The van der Waals surface area contributed by atoms with Crippen LogP contribution in [-0.2, 0) is 6.18 Å². The van der Waals surface area contributed by atoms with Crippen molar-refractivity contribution in [2.75, 3.05) is 0 Å². The van der Waals surface area contributed by atoms with E-state index in [0.717, 1.165) is 31.4 Å². The molecule has 17 heavy (non-hydrogen) atoms. The molecule has 0 aromatic heterocycles. The van der Waals surface area contributed by atoms with Gasteiger partial charge in [0.1, 0.15) is 0 Å². The van der Waals surface area contributed by atoms with E-state index in [-0.39, 0.29) is 6.10 Å². The lowest BCUT2D eigenvalue weighted by molar-refractivity contribution is -0.137. The van der Waals surface area contributed by atoms with Crippen LogP contribution in [0.5, 0.6) is 0 Å². The molecule has 0 aliphatic carbocycles. The summed E-state index contributed by atoms with van der Waals surface area (Å²) in [6.45, 7) is 4.08. The second kappa shape index (κ2) is 8.12. The maximum absolute atomic E-state index is 11.8. The van der Waals surface area contributed by atoms with Gasteiger partial charge < -0.3 is 5.11 Å². The summed E-state index contributed by atoms with van der Waals surface area (Å²) in [5.74, 6) is 0. The van der Waals surface area contributed by atoms with Gasteiger partial charge in [-0.05, 0) is 12.8 Å². The van der Waals surface area contributed by atoms with E-state index in [2.05, 4.69) is 6.92 Å². The maximum atomic E-state index is 11.8. The molecule has 0 amide bonds. The molecule has 0 bridgehead atoms. The van der Waals surface area contributed by atoms with Crippen LogP contribution in [0.25, 0.3) is 0 Å². The molecule has 1 unspecified atom stereocenters. The van der Waals surface area contributed by atoms with Crippen LogP contribution in [0.4, 0.5) is 13.2 Å². The molecule has 0 saturated carbocycles. The first-order valence-corrected chi connectivity index (χ1v) is 5.72. The summed E-state index contributed by atoms with van der Waals surface area (Å²) in [4.78, 5) is 0. The van der Waals surface area contributed by atoms with Gasteiger partial charge in [-0.2, -0.15) is 13.2 Å². The summed E-state index contributed by atoms with van der Waals surface area (Å²) >= 11 is 0. The maximum Gasteiger partial charge on any atom is 0.416 e. The topological polar surface area (TPSA) is 20.2 Å². The van der Waals surface area contributed by atoms with Crippen molar-refractivity contribution in [2.45, 2.75) is 45.4 Å². The third kappa shape index (κ3) is 7.80. The summed E-state index contributed by atoms with van der Waals surface area (Å²) < 4.78 is 35.4. The first-order valence-electron chi connectivity index (χ1n) is 5.72. The van der Waals surface area contributed by atoms with Crippen LogP contribution in [0.1, 0.15) is 38.7 Å². The van der Waals surface area contributed by atoms with Crippen LogP contribution in [-0.4, -0.2) is 11.2 Å². The van der Waals surface area contributed by atoms with Crippen LogP contribution >= 0.6 is 0 Å². The van der Waals surface area contributed by atoms with Gasteiger partial charge >= 0.3 is 6.18 Å². The van der Waals surface area contributed by atoms with Crippen LogP contribution < -0.4 is 0 Å². The molecule has 1 rings (SSSR count). The average Bonchev–Trinajstić information content (AvgIpc) is 2.30. The van der Waals surface area contributed by atoms with Gasteiger partial charge in [-0.25, -0.2) is 0 Å². The zero-order valence-corrected chi connectivity index (χ0v) is 10.2. The Kier molecular flexibility index (Phi) is 7.63. The number of aliphatic hydroxyl groups is 1. The number of rotatable bonds is 3. The van der Waals surface area contributed by atoms with Gasteiger partial charge in [0.25, 0.3) is 0 Å². The minimum Gasteiger partial charge on any atom is -0.393 e. The predicted octanol–water partition coefficient (Wildman–Crippen LogP) is 4.26. The number of alkyl halides is 3.